The van der Waals surface area contributed by atoms with Gasteiger partial charge in [0.15, 0.2) is 0 Å². The van der Waals surface area contributed by atoms with Crippen molar-refractivity contribution in [3.8, 4) is 5.75 Å². The summed E-state index contributed by atoms with van der Waals surface area (Å²) < 4.78 is 6.12. The minimum Gasteiger partial charge on any atom is -0.490 e. The van der Waals surface area contributed by atoms with Crippen LogP contribution in [0.2, 0.25) is 0 Å². The van der Waals surface area contributed by atoms with E-state index in [-0.39, 0.29) is 0 Å². The Labute approximate surface area is 91.5 Å². The highest BCUT2D eigenvalue weighted by atomic mass is 16.5. The molecule has 2 aliphatic rings. The smallest absolute Gasteiger partial charge is 0.122 e. The van der Waals surface area contributed by atoms with Crippen LogP contribution in [0.5, 0.6) is 5.75 Å². The first-order valence-corrected chi connectivity index (χ1v) is 6.18. The van der Waals surface area contributed by atoms with Crippen molar-refractivity contribution in [2.75, 3.05) is 0 Å². The lowest BCUT2D eigenvalue weighted by atomic mass is 9.92. The number of benzene rings is 1. The molecular weight excluding hydrogens is 184 g/mol. The van der Waals surface area contributed by atoms with Crippen LogP contribution in [0.1, 0.15) is 37.7 Å². The van der Waals surface area contributed by atoms with Crippen molar-refractivity contribution in [1.82, 2.24) is 0 Å². The van der Waals surface area contributed by atoms with Gasteiger partial charge in [0.1, 0.15) is 11.9 Å². The largest absolute Gasteiger partial charge is 0.490 e. The maximum absolute atomic E-state index is 6.12. The summed E-state index contributed by atoms with van der Waals surface area (Å²) in [7, 11) is 0. The Bertz CT molecular complexity index is 339. The van der Waals surface area contributed by atoms with Gasteiger partial charge in [0, 0.05) is 0 Å². The van der Waals surface area contributed by atoms with Crippen LogP contribution in [0.3, 0.4) is 0 Å². The van der Waals surface area contributed by atoms with E-state index in [9.17, 15) is 0 Å². The van der Waals surface area contributed by atoms with Gasteiger partial charge in [-0.05, 0) is 43.2 Å². The van der Waals surface area contributed by atoms with Gasteiger partial charge in [0.05, 0.1) is 0 Å². The molecule has 0 spiro atoms. The van der Waals surface area contributed by atoms with Crippen molar-refractivity contribution in [2.45, 2.75) is 44.6 Å². The average Bonchev–Trinajstić information content (AvgIpc) is 2.82. The zero-order valence-electron chi connectivity index (χ0n) is 9.11. The first-order valence-electron chi connectivity index (χ1n) is 6.18. The molecule has 3 rings (SSSR count). The van der Waals surface area contributed by atoms with E-state index in [0.717, 1.165) is 11.7 Å². The second kappa shape index (κ2) is 3.88. The van der Waals surface area contributed by atoms with E-state index in [4.69, 9.17) is 4.74 Å². The van der Waals surface area contributed by atoms with E-state index in [1.54, 1.807) is 0 Å². The standard InChI is InChI=1S/C14H18O/c1-2-6-11(5-1)14-10-9-12-7-3-4-8-13(12)15-14/h3-4,7-8,11,14H,1-2,5-6,9-10H2/t14-/m0/s1. The summed E-state index contributed by atoms with van der Waals surface area (Å²) >= 11 is 0. The van der Waals surface area contributed by atoms with Gasteiger partial charge in [-0.1, -0.05) is 31.0 Å². The molecule has 0 N–H and O–H groups in total. The monoisotopic (exact) mass is 202 g/mol. The van der Waals surface area contributed by atoms with Gasteiger partial charge in [-0.15, -0.1) is 0 Å². The summed E-state index contributed by atoms with van der Waals surface area (Å²) in [5.41, 5.74) is 1.40. The highest BCUT2D eigenvalue weighted by Gasteiger charge is 2.29. The van der Waals surface area contributed by atoms with E-state index < -0.39 is 0 Å². The van der Waals surface area contributed by atoms with Crippen molar-refractivity contribution < 1.29 is 4.74 Å². The molecule has 80 valence electrons. The summed E-state index contributed by atoms with van der Waals surface area (Å²) in [4.78, 5) is 0. The number of hydrogen-bond acceptors (Lipinski definition) is 1. The molecule has 1 nitrogen and oxygen atoms in total. The predicted octanol–water partition coefficient (Wildman–Crippen LogP) is 3.57. The summed E-state index contributed by atoms with van der Waals surface area (Å²) in [6.45, 7) is 0. The van der Waals surface area contributed by atoms with Crippen molar-refractivity contribution >= 4 is 0 Å². The van der Waals surface area contributed by atoms with Crippen LogP contribution >= 0.6 is 0 Å². The molecule has 1 aliphatic carbocycles. The van der Waals surface area contributed by atoms with Gasteiger partial charge in [-0.25, -0.2) is 0 Å². The summed E-state index contributed by atoms with van der Waals surface area (Å²) in [6, 6.07) is 8.50. The first kappa shape index (κ1) is 9.26. The molecule has 1 atom stereocenters. The van der Waals surface area contributed by atoms with Crippen molar-refractivity contribution in [3.63, 3.8) is 0 Å². The van der Waals surface area contributed by atoms with Crippen LogP contribution in [0.25, 0.3) is 0 Å². The molecule has 1 aromatic carbocycles. The fraction of sp³-hybridized carbons (Fsp3) is 0.571. The molecule has 0 bridgehead atoms. The second-order valence-electron chi connectivity index (χ2n) is 4.85. The average molecular weight is 202 g/mol. The predicted molar refractivity (Wildman–Crippen MR) is 61.1 cm³/mol. The highest BCUT2D eigenvalue weighted by molar-refractivity contribution is 5.35. The lowest BCUT2D eigenvalue weighted by molar-refractivity contribution is 0.113. The molecule has 1 saturated carbocycles. The number of hydrogen-bond donors (Lipinski definition) is 0. The topological polar surface area (TPSA) is 9.23 Å². The Balaban J connectivity index is 1.76. The van der Waals surface area contributed by atoms with Crippen LogP contribution in [-0.4, -0.2) is 6.10 Å². The molecule has 0 aromatic heterocycles. The SMILES string of the molecule is c1ccc2c(c1)CC[C@@H](C1CCCC1)O2. The first-order chi connectivity index (χ1) is 7.43. The van der Waals surface area contributed by atoms with Crippen molar-refractivity contribution in [3.05, 3.63) is 29.8 Å². The number of ether oxygens (including phenoxy) is 1. The van der Waals surface area contributed by atoms with Gasteiger partial charge in [0.25, 0.3) is 0 Å². The quantitative estimate of drug-likeness (QED) is 0.676. The zero-order valence-corrected chi connectivity index (χ0v) is 9.11. The van der Waals surface area contributed by atoms with E-state index in [0.29, 0.717) is 6.10 Å². The lowest BCUT2D eigenvalue weighted by Gasteiger charge is -2.30. The minimum absolute atomic E-state index is 0.502. The molecule has 0 saturated heterocycles. The second-order valence-corrected chi connectivity index (χ2v) is 4.85. The van der Waals surface area contributed by atoms with Crippen LogP contribution in [0.4, 0.5) is 0 Å². The summed E-state index contributed by atoms with van der Waals surface area (Å²) in [5.74, 6) is 1.97. The third-order valence-corrected chi connectivity index (χ3v) is 3.87. The Morgan fingerprint density at radius 3 is 2.67 bits per heavy atom. The lowest BCUT2D eigenvalue weighted by Crippen LogP contribution is -2.29. The molecular formula is C14H18O. The molecule has 1 heterocycles. The van der Waals surface area contributed by atoms with Crippen LogP contribution in [0, 0.1) is 5.92 Å². The van der Waals surface area contributed by atoms with Crippen molar-refractivity contribution in [1.29, 1.82) is 0 Å². The molecule has 1 heteroatoms. The fourth-order valence-corrected chi connectivity index (χ4v) is 3.01. The molecule has 0 amide bonds. The fourth-order valence-electron chi connectivity index (χ4n) is 3.01. The maximum atomic E-state index is 6.12. The van der Waals surface area contributed by atoms with E-state index in [2.05, 4.69) is 24.3 Å². The molecule has 1 aromatic rings. The van der Waals surface area contributed by atoms with Crippen LogP contribution in [0.15, 0.2) is 24.3 Å². The summed E-state index contributed by atoms with van der Waals surface area (Å²) in [6.07, 6.45) is 8.51. The third kappa shape index (κ3) is 1.75. The molecule has 0 radical (unpaired) electrons. The number of para-hydroxylation sites is 1. The molecule has 1 fully saturated rings. The molecule has 1 aliphatic heterocycles. The maximum Gasteiger partial charge on any atom is 0.122 e. The third-order valence-electron chi connectivity index (χ3n) is 3.87. The molecule has 0 unspecified atom stereocenters. The number of aryl methyl sites for hydroxylation is 1. The number of rotatable bonds is 1. The highest BCUT2D eigenvalue weighted by Crippen LogP contribution is 2.36. The van der Waals surface area contributed by atoms with E-state index in [1.807, 2.05) is 0 Å². The minimum atomic E-state index is 0.502. The Hall–Kier alpha value is -0.980. The van der Waals surface area contributed by atoms with Gasteiger partial charge < -0.3 is 4.74 Å². The Kier molecular flexibility index (Phi) is 2.40. The summed E-state index contributed by atoms with van der Waals surface area (Å²) in [5, 5.41) is 0. The molecule has 15 heavy (non-hydrogen) atoms. The normalized spacial score (nSPS) is 26.0. The Morgan fingerprint density at radius 1 is 1.00 bits per heavy atom. The van der Waals surface area contributed by atoms with Crippen molar-refractivity contribution in [2.24, 2.45) is 5.92 Å². The van der Waals surface area contributed by atoms with Gasteiger partial charge in [-0.2, -0.15) is 0 Å². The van der Waals surface area contributed by atoms with Gasteiger partial charge in [0.2, 0.25) is 0 Å². The van der Waals surface area contributed by atoms with E-state index in [1.165, 1.54) is 44.1 Å². The zero-order chi connectivity index (χ0) is 10.1. The van der Waals surface area contributed by atoms with Gasteiger partial charge in [-0.3, -0.25) is 0 Å². The van der Waals surface area contributed by atoms with E-state index >= 15 is 0 Å². The van der Waals surface area contributed by atoms with Crippen LogP contribution < -0.4 is 4.74 Å². The van der Waals surface area contributed by atoms with Crippen LogP contribution in [-0.2, 0) is 6.42 Å². The number of fused-ring (bicyclic) bond motifs is 1. The Morgan fingerprint density at radius 2 is 1.80 bits per heavy atom. The van der Waals surface area contributed by atoms with Gasteiger partial charge >= 0.3 is 0 Å².